The second kappa shape index (κ2) is 5.82. The second-order valence-electron chi connectivity index (χ2n) is 5.66. The van der Waals surface area contributed by atoms with Crippen LogP contribution in [-0.4, -0.2) is 14.1 Å². The number of hydrogen-bond donors (Lipinski definition) is 0. The van der Waals surface area contributed by atoms with E-state index in [-0.39, 0.29) is 5.56 Å². The Balaban J connectivity index is 2.26. The van der Waals surface area contributed by atoms with Crippen LogP contribution in [0.4, 0.5) is 0 Å². The Morgan fingerprint density at radius 1 is 1.04 bits per heavy atom. The maximum Gasteiger partial charge on any atom is 0.352 e. The lowest BCUT2D eigenvalue weighted by Gasteiger charge is -2.18. The van der Waals surface area contributed by atoms with Gasteiger partial charge >= 0.3 is 5.69 Å². The molecule has 0 saturated heterocycles. The van der Waals surface area contributed by atoms with Crippen LogP contribution in [0.25, 0.3) is 28.0 Å². The first-order valence-electron chi connectivity index (χ1n) is 7.44. The topological polar surface area (TPSA) is 56.9 Å². The zero-order valence-electron chi connectivity index (χ0n) is 13.0. The van der Waals surface area contributed by atoms with Gasteiger partial charge in [-0.15, -0.1) is 0 Å². The van der Waals surface area contributed by atoms with E-state index in [9.17, 15) is 9.59 Å². The molecule has 2 aromatic carbocycles. The van der Waals surface area contributed by atoms with Gasteiger partial charge in [-0.1, -0.05) is 33.6 Å². The summed E-state index contributed by atoms with van der Waals surface area (Å²) in [6.07, 6.45) is 0. The quantitative estimate of drug-likeness (QED) is 0.446. The highest BCUT2D eigenvalue weighted by Crippen LogP contribution is 2.30. The number of rotatable bonds is 1. The van der Waals surface area contributed by atoms with Gasteiger partial charge in [0, 0.05) is 22.2 Å². The smallest absolute Gasteiger partial charge is 0.294 e. The third-order valence-corrected chi connectivity index (χ3v) is 4.86. The molecule has 0 bridgehead atoms. The Morgan fingerprint density at radius 2 is 1.76 bits per heavy atom. The van der Waals surface area contributed by atoms with Crippen molar-refractivity contribution in [2.24, 2.45) is 7.05 Å². The van der Waals surface area contributed by atoms with Crippen molar-refractivity contribution < 1.29 is 0 Å². The molecule has 0 spiro atoms. The minimum Gasteiger partial charge on any atom is -0.294 e. The third-order valence-electron chi connectivity index (χ3n) is 4.09. The van der Waals surface area contributed by atoms with Gasteiger partial charge in [-0.05, 0) is 47.9 Å². The van der Waals surface area contributed by atoms with E-state index in [0.29, 0.717) is 16.4 Å². The molecule has 0 fully saturated rings. The molecule has 2 aliphatic rings. The Labute approximate surface area is 155 Å². The molecule has 2 aromatic rings. The molecule has 0 radical (unpaired) electrons. The summed E-state index contributed by atoms with van der Waals surface area (Å²) < 4.78 is 3.72. The lowest BCUT2D eigenvalue weighted by Crippen LogP contribution is -2.35. The van der Waals surface area contributed by atoms with Crippen LogP contribution in [0.5, 0.6) is 0 Å². The van der Waals surface area contributed by atoms with Gasteiger partial charge in [0.1, 0.15) is 0 Å². The predicted octanol–water partition coefficient (Wildman–Crippen LogP) is 3.61. The summed E-state index contributed by atoms with van der Waals surface area (Å²) in [4.78, 5) is 28.8. The fraction of sp³-hybridized carbons (Fsp3) is 0.0556. The first-order chi connectivity index (χ1) is 12.0. The fourth-order valence-corrected chi connectivity index (χ4v) is 3.27. The molecular weight excluding hydrogens is 406 g/mol. The molecule has 0 N–H and O–H groups in total. The molecule has 0 atom stereocenters. The maximum atomic E-state index is 12.6. The van der Waals surface area contributed by atoms with Gasteiger partial charge in [0.15, 0.2) is 5.82 Å². The van der Waals surface area contributed by atoms with Crippen molar-refractivity contribution in [3.05, 3.63) is 78.9 Å². The third kappa shape index (κ3) is 2.58. The van der Waals surface area contributed by atoms with Crippen molar-refractivity contribution in [1.29, 1.82) is 0 Å². The summed E-state index contributed by atoms with van der Waals surface area (Å²) >= 11 is 9.59. The van der Waals surface area contributed by atoms with E-state index in [2.05, 4.69) is 20.9 Å². The van der Waals surface area contributed by atoms with E-state index in [4.69, 9.17) is 11.6 Å². The van der Waals surface area contributed by atoms with Crippen molar-refractivity contribution in [2.75, 3.05) is 0 Å². The lowest BCUT2D eigenvalue weighted by molar-refractivity contribution is 0.766. The number of halogens is 2. The number of nitrogens with zero attached hydrogens (tertiary/aromatic N) is 3. The molecule has 0 aliphatic carbocycles. The minimum absolute atomic E-state index is 0.310. The molecule has 0 aromatic heterocycles. The van der Waals surface area contributed by atoms with Gasteiger partial charge in [0.05, 0.1) is 11.1 Å². The van der Waals surface area contributed by atoms with Crippen LogP contribution in [0.1, 0.15) is 0 Å². The van der Waals surface area contributed by atoms with Crippen LogP contribution in [0.2, 0.25) is 5.02 Å². The summed E-state index contributed by atoms with van der Waals surface area (Å²) in [5.74, 6) is 0.310. The Hall–Kier alpha value is -2.44. The van der Waals surface area contributed by atoms with Gasteiger partial charge in [0.25, 0.3) is 5.56 Å². The molecule has 0 saturated carbocycles. The fourth-order valence-electron chi connectivity index (χ4n) is 2.84. The number of pyridine rings is 1. The average Bonchev–Trinajstić information content (AvgIpc) is 2.60. The van der Waals surface area contributed by atoms with Gasteiger partial charge in [-0.2, -0.15) is 4.98 Å². The molecule has 2 aliphatic heterocycles. The van der Waals surface area contributed by atoms with E-state index in [1.165, 1.54) is 7.05 Å². The van der Waals surface area contributed by atoms with Crippen LogP contribution in [0.3, 0.4) is 0 Å². The lowest BCUT2D eigenvalue weighted by atomic mass is 10.1. The molecule has 25 heavy (non-hydrogen) atoms. The Morgan fingerprint density at radius 3 is 2.48 bits per heavy atom. The van der Waals surface area contributed by atoms with Crippen molar-refractivity contribution in [1.82, 2.24) is 14.1 Å². The summed E-state index contributed by atoms with van der Waals surface area (Å²) in [7, 11) is 1.42. The van der Waals surface area contributed by atoms with E-state index >= 15 is 0 Å². The Kier molecular flexibility index (Phi) is 3.74. The molecule has 4 rings (SSSR count). The van der Waals surface area contributed by atoms with Crippen molar-refractivity contribution in [3.63, 3.8) is 0 Å². The van der Waals surface area contributed by atoms with Crippen molar-refractivity contribution in [2.45, 2.75) is 0 Å². The SMILES string of the molecule is Cn1c(=O)nc2n(-c3ccc(Br)cc3)c3cc(Cl)ccc3cc-2c1=O. The molecule has 2 heterocycles. The zero-order valence-corrected chi connectivity index (χ0v) is 15.4. The van der Waals surface area contributed by atoms with Crippen LogP contribution in [-0.2, 0) is 7.05 Å². The van der Waals surface area contributed by atoms with E-state index < -0.39 is 5.69 Å². The monoisotopic (exact) mass is 415 g/mol. The molecule has 0 amide bonds. The van der Waals surface area contributed by atoms with Gasteiger partial charge in [0.2, 0.25) is 0 Å². The van der Waals surface area contributed by atoms with E-state index in [1.807, 2.05) is 30.3 Å². The van der Waals surface area contributed by atoms with Crippen molar-refractivity contribution in [3.8, 4) is 17.1 Å². The number of hydrogen-bond acceptors (Lipinski definition) is 3. The van der Waals surface area contributed by atoms with Gasteiger partial charge in [-0.3, -0.25) is 13.9 Å². The van der Waals surface area contributed by atoms with Crippen LogP contribution < -0.4 is 11.2 Å². The van der Waals surface area contributed by atoms with Gasteiger partial charge < -0.3 is 0 Å². The number of aromatic nitrogens is 3. The average molecular weight is 417 g/mol. The number of benzene rings is 2. The standard InChI is InChI=1S/C18H11BrClN3O2/c1-22-17(24)14-8-10-2-5-12(20)9-15(10)23(16(14)21-18(22)25)13-6-3-11(19)4-7-13/h2-9H,1H3. The largest absolute Gasteiger partial charge is 0.352 e. The number of fused-ring (bicyclic) bond motifs is 2. The predicted molar refractivity (Wildman–Crippen MR) is 102 cm³/mol. The first-order valence-corrected chi connectivity index (χ1v) is 8.61. The zero-order chi connectivity index (χ0) is 17.7. The molecule has 0 unspecified atom stereocenters. The Bertz CT molecular complexity index is 1210. The van der Waals surface area contributed by atoms with Crippen LogP contribution in [0, 0.1) is 0 Å². The van der Waals surface area contributed by atoms with Crippen LogP contribution in [0.15, 0.2) is 62.6 Å². The molecule has 7 heteroatoms. The minimum atomic E-state index is -0.593. The molecule has 5 nitrogen and oxygen atoms in total. The summed E-state index contributed by atoms with van der Waals surface area (Å²) in [6, 6.07) is 14.7. The second-order valence-corrected chi connectivity index (χ2v) is 7.01. The van der Waals surface area contributed by atoms with Gasteiger partial charge in [-0.25, -0.2) is 4.79 Å². The van der Waals surface area contributed by atoms with E-state index in [1.54, 1.807) is 22.8 Å². The highest BCUT2D eigenvalue weighted by atomic mass is 79.9. The van der Waals surface area contributed by atoms with E-state index in [0.717, 1.165) is 25.6 Å². The highest BCUT2D eigenvalue weighted by molar-refractivity contribution is 9.10. The molecule has 124 valence electrons. The highest BCUT2D eigenvalue weighted by Gasteiger charge is 2.19. The maximum absolute atomic E-state index is 12.6. The van der Waals surface area contributed by atoms with Crippen LogP contribution >= 0.6 is 27.5 Å². The summed E-state index contributed by atoms with van der Waals surface area (Å²) in [5, 5.41) is 1.39. The summed E-state index contributed by atoms with van der Waals surface area (Å²) in [5.41, 5.74) is 0.950. The normalized spacial score (nSPS) is 11.3. The van der Waals surface area contributed by atoms with Crippen molar-refractivity contribution >= 4 is 38.4 Å². The molecular formula is C18H11BrClN3O2. The first kappa shape index (κ1) is 16.1. The summed E-state index contributed by atoms with van der Waals surface area (Å²) in [6.45, 7) is 0.